The Hall–Kier alpha value is -0.380. The van der Waals surface area contributed by atoms with E-state index in [2.05, 4.69) is 31.7 Å². The lowest BCUT2D eigenvalue weighted by Gasteiger charge is -2.10. The van der Waals surface area contributed by atoms with Crippen molar-refractivity contribution in [3.8, 4) is 5.75 Å². The van der Waals surface area contributed by atoms with Crippen LogP contribution in [0.2, 0.25) is 0 Å². The van der Waals surface area contributed by atoms with E-state index >= 15 is 0 Å². The Kier molecular flexibility index (Phi) is 9.41. The number of rotatable bonds is 7. The lowest BCUT2D eigenvalue weighted by Crippen LogP contribution is -2.22. The smallest absolute Gasteiger partial charge is 0.119 e. The highest BCUT2D eigenvalue weighted by atomic mass is 35.5. The van der Waals surface area contributed by atoms with Crippen LogP contribution in [0, 0.1) is 0 Å². The van der Waals surface area contributed by atoms with Crippen LogP contribution in [0.15, 0.2) is 24.3 Å². The molecule has 1 rings (SSSR count). The number of aryl methyl sites for hydroxylation is 1. The van der Waals surface area contributed by atoms with E-state index in [0.29, 0.717) is 0 Å². The molecule has 2 N–H and O–H groups in total. The van der Waals surface area contributed by atoms with Gasteiger partial charge in [-0.1, -0.05) is 19.1 Å². The van der Waals surface area contributed by atoms with Crippen LogP contribution in [0.1, 0.15) is 25.3 Å². The first kappa shape index (κ1) is 16.6. The second-order valence-electron chi connectivity index (χ2n) is 3.93. The topological polar surface area (TPSA) is 35.2 Å². The zero-order chi connectivity index (χ0) is 11.8. The molecular formula is C13H22ClNOS. The molecule has 0 aliphatic heterocycles. The average Bonchev–Trinajstić information content (AvgIpc) is 2.34. The third kappa shape index (κ3) is 6.81. The fourth-order valence-electron chi connectivity index (χ4n) is 1.48. The molecule has 1 atom stereocenters. The summed E-state index contributed by atoms with van der Waals surface area (Å²) in [5.74, 6) is 1.70. The Morgan fingerprint density at radius 2 is 2.18 bits per heavy atom. The third-order valence-electron chi connectivity index (χ3n) is 2.53. The van der Waals surface area contributed by atoms with E-state index < -0.39 is 0 Å². The molecule has 98 valence electrons. The summed E-state index contributed by atoms with van der Waals surface area (Å²) in [7, 11) is 0. The molecule has 0 radical (unpaired) electrons. The molecule has 1 aromatic rings. The van der Waals surface area contributed by atoms with Gasteiger partial charge >= 0.3 is 0 Å². The Labute approximate surface area is 116 Å². The van der Waals surface area contributed by atoms with Crippen molar-refractivity contribution in [1.29, 1.82) is 0 Å². The van der Waals surface area contributed by atoms with E-state index in [9.17, 15) is 0 Å². The van der Waals surface area contributed by atoms with Crippen LogP contribution in [0.5, 0.6) is 5.75 Å². The van der Waals surface area contributed by atoms with E-state index in [1.807, 2.05) is 12.1 Å². The minimum absolute atomic E-state index is 0. The Bertz CT molecular complexity index is 309. The summed E-state index contributed by atoms with van der Waals surface area (Å²) in [5.41, 5.74) is 7.08. The number of benzene rings is 1. The highest BCUT2D eigenvalue weighted by molar-refractivity contribution is 7.80. The van der Waals surface area contributed by atoms with Crippen molar-refractivity contribution in [2.24, 2.45) is 5.73 Å². The third-order valence-corrected chi connectivity index (χ3v) is 3.00. The Balaban J connectivity index is 0.00000256. The molecule has 1 aromatic carbocycles. The minimum atomic E-state index is 0. The summed E-state index contributed by atoms with van der Waals surface area (Å²) in [5, 5.41) is 0. The van der Waals surface area contributed by atoms with Gasteiger partial charge in [0.1, 0.15) is 5.75 Å². The van der Waals surface area contributed by atoms with Gasteiger partial charge in [-0.15, -0.1) is 12.4 Å². The van der Waals surface area contributed by atoms with Gasteiger partial charge in [0.25, 0.3) is 0 Å². The second-order valence-corrected chi connectivity index (χ2v) is 4.30. The van der Waals surface area contributed by atoms with Gasteiger partial charge in [-0.25, -0.2) is 0 Å². The molecule has 0 heterocycles. The fraction of sp³-hybridized carbons (Fsp3) is 0.538. The molecule has 0 spiro atoms. The van der Waals surface area contributed by atoms with Gasteiger partial charge in [0, 0.05) is 11.8 Å². The minimum Gasteiger partial charge on any atom is -0.494 e. The normalized spacial score (nSPS) is 11.7. The number of halogens is 1. The summed E-state index contributed by atoms with van der Waals surface area (Å²) in [4.78, 5) is 0. The van der Waals surface area contributed by atoms with Crippen molar-refractivity contribution >= 4 is 25.0 Å². The van der Waals surface area contributed by atoms with Crippen LogP contribution in [0.3, 0.4) is 0 Å². The van der Waals surface area contributed by atoms with E-state index in [1.54, 1.807) is 0 Å². The molecule has 0 aromatic heterocycles. The van der Waals surface area contributed by atoms with Crippen LogP contribution in [-0.2, 0) is 6.42 Å². The van der Waals surface area contributed by atoms with Crippen molar-refractivity contribution in [3.05, 3.63) is 29.8 Å². The first-order valence-corrected chi connectivity index (χ1v) is 6.47. The van der Waals surface area contributed by atoms with Crippen molar-refractivity contribution in [3.63, 3.8) is 0 Å². The van der Waals surface area contributed by atoms with Crippen LogP contribution in [0.25, 0.3) is 0 Å². The van der Waals surface area contributed by atoms with E-state index in [-0.39, 0.29) is 18.4 Å². The molecule has 0 saturated carbocycles. The fourth-order valence-corrected chi connectivity index (χ4v) is 1.66. The summed E-state index contributed by atoms with van der Waals surface area (Å²) >= 11 is 4.15. The molecule has 0 fully saturated rings. The maximum absolute atomic E-state index is 5.77. The maximum Gasteiger partial charge on any atom is 0.119 e. The van der Waals surface area contributed by atoms with Gasteiger partial charge in [-0.3, -0.25) is 0 Å². The SMILES string of the molecule is CCc1cccc(OCCC[C@H](N)CS)c1.Cl. The lowest BCUT2D eigenvalue weighted by molar-refractivity contribution is 0.303. The van der Waals surface area contributed by atoms with Crippen molar-refractivity contribution in [2.45, 2.75) is 32.2 Å². The molecule has 0 amide bonds. The van der Waals surface area contributed by atoms with Crippen molar-refractivity contribution in [1.82, 2.24) is 0 Å². The second kappa shape index (κ2) is 9.63. The predicted octanol–water partition coefficient (Wildman–Crippen LogP) is 3.09. The number of nitrogens with two attached hydrogens (primary N) is 1. The molecular weight excluding hydrogens is 254 g/mol. The van der Waals surface area contributed by atoms with Gasteiger partial charge in [-0.2, -0.15) is 12.6 Å². The zero-order valence-electron chi connectivity index (χ0n) is 10.3. The molecule has 0 aliphatic carbocycles. The monoisotopic (exact) mass is 275 g/mol. The molecule has 0 bridgehead atoms. The standard InChI is InChI=1S/C13H21NOS.ClH/c1-2-11-5-3-7-13(9-11)15-8-4-6-12(14)10-16;/h3,5,7,9,12,16H,2,4,6,8,10,14H2,1H3;1H/t12-;/m0./s1. The average molecular weight is 276 g/mol. The highest BCUT2D eigenvalue weighted by Gasteiger charge is 2.00. The lowest BCUT2D eigenvalue weighted by atomic mass is 10.1. The molecule has 4 heteroatoms. The number of ether oxygens (including phenoxy) is 1. The number of hydrogen-bond donors (Lipinski definition) is 2. The molecule has 0 saturated heterocycles. The quantitative estimate of drug-likeness (QED) is 0.592. The van der Waals surface area contributed by atoms with Crippen LogP contribution in [-0.4, -0.2) is 18.4 Å². The molecule has 0 aliphatic rings. The maximum atomic E-state index is 5.77. The van der Waals surface area contributed by atoms with Gasteiger partial charge < -0.3 is 10.5 Å². The number of hydrogen-bond acceptors (Lipinski definition) is 3. The highest BCUT2D eigenvalue weighted by Crippen LogP contribution is 2.14. The first-order chi connectivity index (χ1) is 7.76. The van der Waals surface area contributed by atoms with Crippen LogP contribution >= 0.6 is 25.0 Å². The summed E-state index contributed by atoms with van der Waals surface area (Å²) < 4.78 is 5.66. The van der Waals surface area contributed by atoms with Gasteiger partial charge in [0.05, 0.1) is 6.61 Å². The zero-order valence-corrected chi connectivity index (χ0v) is 12.0. The molecule has 0 unspecified atom stereocenters. The van der Waals surface area contributed by atoms with Crippen molar-refractivity contribution < 1.29 is 4.74 Å². The van der Waals surface area contributed by atoms with Crippen LogP contribution < -0.4 is 10.5 Å². The van der Waals surface area contributed by atoms with E-state index in [4.69, 9.17) is 10.5 Å². The summed E-state index contributed by atoms with van der Waals surface area (Å²) in [6.07, 6.45) is 3.00. The Morgan fingerprint density at radius 1 is 1.41 bits per heavy atom. The van der Waals surface area contributed by atoms with E-state index in [1.165, 1.54) is 5.56 Å². The van der Waals surface area contributed by atoms with Gasteiger partial charge in [-0.05, 0) is 37.0 Å². The van der Waals surface area contributed by atoms with E-state index in [0.717, 1.165) is 37.4 Å². The van der Waals surface area contributed by atoms with Gasteiger partial charge in [0.15, 0.2) is 0 Å². The van der Waals surface area contributed by atoms with Crippen molar-refractivity contribution in [2.75, 3.05) is 12.4 Å². The predicted molar refractivity (Wildman–Crippen MR) is 79.6 cm³/mol. The van der Waals surface area contributed by atoms with Crippen LogP contribution in [0.4, 0.5) is 0 Å². The molecule has 17 heavy (non-hydrogen) atoms. The first-order valence-electron chi connectivity index (χ1n) is 5.84. The number of thiol groups is 1. The summed E-state index contributed by atoms with van der Waals surface area (Å²) in [6, 6.07) is 8.43. The largest absolute Gasteiger partial charge is 0.494 e. The summed E-state index contributed by atoms with van der Waals surface area (Å²) in [6.45, 7) is 2.87. The Morgan fingerprint density at radius 3 is 2.82 bits per heavy atom. The molecule has 2 nitrogen and oxygen atoms in total. The van der Waals surface area contributed by atoms with Gasteiger partial charge in [0.2, 0.25) is 0 Å².